The number of fused-ring (bicyclic) bond motifs is 1. The van der Waals surface area contributed by atoms with Gasteiger partial charge in [0.05, 0.1) is 4.90 Å². The van der Waals surface area contributed by atoms with Crippen LogP contribution >= 0.6 is 0 Å². The zero-order valence-corrected chi connectivity index (χ0v) is 20.5. The third-order valence-corrected chi connectivity index (χ3v) is 8.07. The highest BCUT2D eigenvalue weighted by molar-refractivity contribution is 7.89. The fourth-order valence-corrected chi connectivity index (χ4v) is 5.65. The predicted molar refractivity (Wildman–Crippen MR) is 128 cm³/mol. The van der Waals surface area contributed by atoms with Gasteiger partial charge in [-0.05, 0) is 35.2 Å². The predicted octanol–water partition coefficient (Wildman–Crippen LogP) is 4.18. The van der Waals surface area contributed by atoms with E-state index in [1.165, 1.54) is 4.31 Å². The van der Waals surface area contributed by atoms with Crippen molar-refractivity contribution in [3.05, 3.63) is 71.4 Å². The van der Waals surface area contributed by atoms with Crippen molar-refractivity contribution in [3.63, 3.8) is 0 Å². The summed E-state index contributed by atoms with van der Waals surface area (Å²) >= 11 is 0. The van der Waals surface area contributed by atoms with Gasteiger partial charge in [-0.3, -0.25) is 4.68 Å². The first-order valence-electron chi connectivity index (χ1n) is 11.2. The quantitative estimate of drug-likeness (QED) is 0.438. The Balaban J connectivity index is 1.46. The van der Waals surface area contributed by atoms with Crippen LogP contribution in [0.5, 0.6) is 0 Å². The summed E-state index contributed by atoms with van der Waals surface area (Å²) in [7, 11) is -1.81. The van der Waals surface area contributed by atoms with Crippen molar-refractivity contribution in [1.29, 1.82) is 0 Å². The zero-order valence-electron chi connectivity index (χ0n) is 19.7. The SMILES string of the molecule is Cn1nc(-c2nnc(-c3ccccc3)o2)c2c1CCN(S(=O)(=O)c1ccc(C(C)(C)C)cc1)C2. The van der Waals surface area contributed by atoms with Gasteiger partial charge in [-0.15, -0.1) is 10.2 Å². The van der Waals surface area contributed by atoms with Crippen LogP contribution in [0.3, 0.4) is 0 Å². The molecule has 0 atom stereocenters. The standard InChI is InChI=1S/C25H27N5O3S/c1-25(2,3)18-10-12-19(13-11-18)34(31,32)30-15-14-21-20(16-30)22(28-29(21)4)24-27-26-23(33-24)17-8-6-5-7-9-17/h5-13H,14-16H2,1-4H3. The van der Waals surface area contributed by atoms with Gasteiger partial charge in [-0.2, -0.15) is 9.40 Å². The van der Waals surface area contributed by atoms with E-state index in [2.05, 4.69) is 36.1 Å². The van der Waals surface area contributed by atoms with Gasteiger partial charge in [0.2, 0.25) is 15.9 Å². The van der Waals surface area contributed by atoms with Crippen LogP contribution in [0.15, 0.2) is 63.9 Å². The van der Waals surface area contributed by atoms with E-state index in [1.54, 1.807) is 16.8 Å². The first-order chi connectivity index (χ1) is 16.1. The molecule has 0 saturated heterocycles. The van der Waals surface area contributed by atoms with Crippen molar-refractivity contribution >= 4 is 10.0 Å². The Bertz CT molecular complexity index is 1430. The summed E-state index contributed by atoms with van der Waals surface area (Å²) in [6.07, 6.45) is 0.553. The number of aromatic nitrogens is 4. The monoisotopic (exact) mass is 477 g/mol. The molecule has 0 unspecified atom stereocenters. The van der Waals surface area contributed by atoms with Crippen LogP contribution < -0.4 is 0 Å². The summed E-state index contributed by atoms with van der Waals surface area (Å²) in [6, 6.07) is 16.7. The molecular formula is C25H27N5O3S. The molecule has 4 aromatic rings. The summed E-state index contributed by atoms with van der Waals surface area (Å²) in [5, 5.41) is 13.0. The lowest BCUT2D eigenvalue weighted by Gasteiger charge is -2.27. The topological polar surface area (TPSA) is 94.1 Å². The van der Waals surface area contributed by atoms with Gasteiger partial charge >= 0.3 is 0 Å². The molecule has 8 nitrogen and oxygen atoms in total. The van der Waals surface area contributed by atoms with E-state index in [4.69, 9.17) is 4.42 Å². The Morgan fingerprint density at radius 2 is 1.62 bits per heavy atom. The molecule has 0 aliphatic carbocycles. The second-order valence-corrected chi connectivity index (χ2v) is 11.5. The van der Waals surface area contributed by atoms with Crippen molar-refractivity contribution in [3.8, 4) is 23.0 Å². The molecule has 176 valence electrons. The van der Waals surface area contributed by atoms with E-state index in [0.717, 1.165) is 22.4 Å². The number of hydrogen-bond donors (Lipinski definition) is 0. The Morgan fingerprint density at radius 3 is 2.29 bits per heavy atom. The number of benzene rings is 2. The second-order valence-electron chi connectivity index (χ2n) is 9.54. The summed E-state index contributed by atoms with van der Waals surface area (Å²) in [5.41, 5.74) is 4.16. The average Bonchev–Trinajstić information content (AvgIpc) is 3.44. The molecule has 1 aliphatic heterocycles. The molecule has 2 aromatic heterocycles. The van der Waals surface area contributed by atoms with Crippen LogP contribution in [-0.2, 0) is 35.5 Å². The van der Waals surface area contributed by atoms with Crippen molar-refractivity contribution in [2.24, 2.45) is 7.05 Å². The average molecular weight is 478 g/mol. The van der Waals surface area contributed by atoms with Gasteiger partial charge < -0.3 is 4.42 Å². The minimum atomic E-state index is -3.66. The molecule has 3 heterocycles. The van der Waals surface area contributed by atoms with Crippen LogP contribution in [0.2, 0.25) is 0 Å². The van der Waals surface area contributed by atoms with Gasteiger partial charge in [-0.25, -0.2) is 8.42 Å². The van der Waals surface area contributed by atoms with Crippen LogP contribution in [-0.4, -0.2) is 39.2 Å². The first kappa shape index (κ1) is 22.5. The third kappa shape index (κ3) is 3.95. The van der Waals surface area contributed by atoms with E-state index in [-0.39, 0.29) is 17.9 Å². The van der Waals surface area contributed by atoms with Gasteiger partial charge in [-0.1, -0.05) is 51.1 Å². The summed E-state index contributed by atoms with van der Waals surface area (Å²) in [5.74, 6) is 0.679. The van der Waals surface area contributed by atoms with Crippen LogP contribution in [0, 0.1) is 0 Å². The Morgan fingerprint density at radius 1 is 0.941 bits per heavy atom. The van der Waals surface area contributed by atoms with E-state index < -0.39 is 10.0 Å². The number of aryl methyl sites for hydroxylation is 1. The molecule has 0 saturated carbocycles. The molecular weight excluding hydrogens is 450 g/mol. The highest BCUT2D eigenvalue weighted by Crippen LogP contribution is 2.33. The highest BCUT2D eigenvalue weighted by Gasteiger charge is 2.33. The largest absolute Gasteiger partial charge is 0.415 e. The number of hydrogen-bond acceptors (Lipinski definition) is 6. The van der Waals surface area contributed by atoms with E-state index in [1.807, 2.05) is 49.5 Å². The molecule has 2 aromatic carbocycles. The van der Waals surface area contributed by atoms with Gasteiger partial charge in [0.1, 0.15) is 0 Å². The van der Waals surface area contributed by atoms with Gasteiger partial charge in [0.25, 0.3) is 5.89 Å². The van der Waals surface area contributed by atoms with E-state index in [9.17, 15) is 8.42 Å². The van der Waals surface area contributed by atoms with Crippen molar-refractivity contribution in [2.45, 2.75) is 44.0 Å². The highest BCUT2D eigenvalue weighted by atomic mass is 32.2. The molecule has 9 heteroatoms. The fraction of sp³-hybridized carbons (Fsp3) is 0.320. The molecule has 0 N–H and O–H groups in total. The van der Waals surface area contributed by atoms with Crippen LogP contribution in [0.4, 0.5) is 0 Å². The number of nitrogens with zero attached hydrogens (tertiary/aromatic N) is 5. The maximum Gasteiger partial charge on any atom is 0.268 e. The van der Waals surface area contributed by atoms with E-state index >= 15 is 0 Å². The Kier molecular flexibility index (Phi) is 5.41. The summed E-state index contributed by atoms with van der Waals surface area (Å²) in [4.78, 5) is 0.290. The molecule has 0 fully saturated rings. The maximum atomic E-state index is 13.4. The third-order valence-electron chi connectivity index (χ3n) is 6.21. The molecule has 34 heavy (non-hydrogen) atoms. The van der Waals surface area contributed by atoms with Crippen LogP contribution in [0.25, 0.3) is 23.0 Å². The molecule has 0 radical (unpaired) electrons. The van der Waals surface area contributed by atoms with Crippen molar-refractivity contribution < 1.29 is 12.8 Å². The number of sulfonamides is 1. The second kappa shape index (κ2) is 8.18. The minimum Gasteiger partial charge on any atom is -0.415 e. The Labute approximate surface area is 199 Å². The van der Waals surface area contributed by atoms with Crippen molar-refractivity contribution in [2.75, 3.05) is 6.54 Å². The lowest BCUT2D eigenvalue weighted by Crippen LogP contribution is -2.36. The summed E-state index contributed by atoms with van der Waals surface area (Å²) < 4.78 is 36.1. The number of rotatable bonds is 4. The first-order valence-corrected chi connectivity index (χ1v) is 12.6. The molecule has 1 aliphatic rings. The minimum absolute atomic E-state index is 0.0460. The Hall–Kier alpha value is -3.30. The van der Waals surface area contributed by atoms with Crippen molar-refractivity contribution in [1.82, 2.24) is 24.3 Å². The van der Waals surface area contributed by atoms with Gasteiger partial charge in [0.15, 0.2) is 5.69 Å². The fourth-order valence-electron chi connectivity index (χ4n) is 4.24. The smallest absolute Gasteiger partial charge is 0.268 e. The molecule has 0 bridgehead atoms. The van der Waals surface area contributed by atoms with Crippen LogP contribution in [0.1, 0.15) is 37.6 Å². The lowest BCUT2D eigenvalue weighted by atomic mass is 9.87. The zero-order chi connectivity index (χ0) is 24.1. The maximum absolute atomic E-state index is 13.4. The summed E-state index contributed by atoms with van der Waals surface area (Å²) in [6.45, 7) is 6.90. The van der Waals surface area contributed by atoms with Gasteiger partial charge in [0, 0.05) is 43.4 Å². The molecule has 0 amide bonds. The molecule has 0 spiro atoms. The normalized spacial score (nSPS) is 14.8. The lowest BCUT2D eigenvalue weighted by molar-refractivity contribution is 0.386. The van der Waals surface area contributed by atoms with E-state index in [0.29, 0.717) is 29.4 Å². The molecule has 5 rings (SSSR count).